The van der Waals surface area contributed by atoms with Crippen LogP contribution in [-0.2, 0) is 25.6 Å². The zero-order valence-corrected chi connectivity index (χ0v) is 18.0. The number of hydrogen-bond donors (Lipinski definition) is 1. The Morgan fingerprint density at radius 3 is 2.69 bits per heavy atom. The van der Waals surface area contributed by atoms with E-state index in [0.29, 0.717) is 32.0 Å². The van der Waals surface area contributed by atoms with Gasteiger partial charge in [0.25, 0.3) is 0 Å². The quantitative estimate of drug-likeness (QED) is 0.524. The van der Waals surface area contributed by atoms with Crippen LogP contribution in [0.15, 0.2) is 35.4 Å². The minimum atomic E-state index is -0.0313. The summed E-state index contributed by atoms with van der Waals surface area (Å²) in [6, 6.07) is 7.98. The summed E-state index contributed by atoms with van der Waals surface area (Å²) in [5.41, 5.74) is 0.998. The molecular weight excluding hydrogens is 390 g/mol. The van der Waals surface area contributed by atoms with E-state index in [0.717, 1.165) is 15.8 Å². The molecule has 1 N–H and O–H groups in total. The summed E-state index contributed by atoms with van der Waals surface area (Å²) in [5.74, 6) is 0.377. The monoisotopic (exact) mass is 419 g/mol. The van der Waals surface area contributed by atoms with Crippen LogP contribution >= 0.6 is 11.8 Å². The number of methoxy groups -OCH3 is 1. The van der Waals surface area contributed by atoms with E-state index in [9.17, 15) is 9.59 Å². The molecule has 2 unspecified atom stereocenters. The normalized spacial score (nSPS) is 19.5. The van der Waals surface area contributed by atoms with Crippen LogP contribution in [0.4, 0.5) is 0 Å². The van der Waals surface area contributed by atoms with E-state index in [1.54, 1.807) is 7.11 Å². The number of carbonyl (C=O) groups excluding carboxylic acids is 2. The van der Waals surface area contributed by atoms with Gasteiger partial charge in [-0.3, -0.25) is 9.59 Å². The summed E-state index contributed by atoms with van der Waals surface area (Å²) in [6.07, 6.45) is 2.07. The average Bonchev–Trinajstić information content (AvgIpc) is 3.03. The van der Waals surface area contributed by atoms with E-state index in [4.69, 9.17) is 9.47 Å². The maximum Gasteiger partial charge on any atom is 0.242 e. The van der Waals surface area contributed by atoms with Crippen molar-refractivity contribution >= 4 is 34.5 Å². The highest BCUT2D eigenvalue weighted by atomic mass is 32.2. The molecule has 0 aliphatic carbocycles. The Morgan fingerprint density at radius 1 is 1.24 bits per heavy atom. The Kier molecular flexibility index (Phi) is 7.57. The van der Waals surface area contributed by atoms with Crippen LogP contribution in [0.25, 0.3) is 10.9 Å². The first-order valence-corrected chi connectivity index (χ1v) is 10.9. The molecule has 1 aromatic carbocycles. The maximum atomic E-state index is 12.9. The van der Waals surface area contributed by atoms with Gasteiger partial charge in [-0.05, 0) is 19.9 Å². The van der Waals surface area contributed by atoms with Gasteiger partial charge in [-0.1, -0.05) is 18.2 Å². The van der Waals surface area contributed by atoms with Gasteiger partial charge in [-0.15, -0.1) is 11.8 Å². The molecule has 0 bridgehead atoms. The fourth-order valence-corrected chi connectivity index (χ4v) is 4.49. The largest absolute Gasteiger partial charge is 0.383 e. The molecule has 7 nitrogen and oxygen atoms in total. The van der Waals surface area contributed by atoms with Gasteiger partial charge in [-0.2, -0.15) is 0 Å². The smallest absolute Gasteiger partial charge is 0.242 e. The van der Waals surface area contributed by atoms with Crippen molar-refractivity contribution in [2.75, 3.05) is 39.1 Å². The fourth-order valence-electron chi connectivity index (χ4n) is 3.57. The van der Waals surface area contributed by atoms with Crippen LogP contribution in [0.3, 0.4) is 0 Å². The minimum Gasteiger partial charge on any atom is -0.383 e. The highest BCUT2D eigenvalue weighted by Gasteiger charge is 2.26. The van der Waals surface area contributed by atoms with E-state index in [2.05, 4.69) is 5.32 Å². The molecule has 8 heteroatoms. The number of carbonyl (C=O) groups is 2. The Hall–Kier alpha value is -2.03. The number of para-hydroxylation sites is 1. The number of thioether (sulfide) groups is 1. The lowest BCUT2D eigenvalue weighted by Gasteiger charge is -2.35. The minimum absolute atomic E-state index is 0.0313. The molecule has 2 amide bonds. The maximum absolute atomic E-state index is 12.9. The van der Waals surface area contributed by atoms with Gasteiger partial charge in [-0.25, -0.2) is 0 Å². The van der Waals surface area contributed by atoms with E-state index in [-0.39, 0.29) is 30.6 Å². The topological polar surface area (TPSA) is 72.8 Å². The van der Waals surface area contributed by atoms with E-state index in [1.807, 2.05) is 53.8 Å². The van der Waals surface area contributed by atoms with Crippen LogP contribution in [0.2, 0.25) is 0 Å². The van der Waals surface area contributed by atoms with Gasteiger partial charge in [0.15, 0.2) is 0 Å². The predicted molar refractivity (Wildman–Crippen MR) is 114 cm³/mol. The second-order valence-electron chi connectivity index (χ2n) is 7.33. The number of ether oxygens (including phenoxy) is 2. The highest BCUT2D eigenvalue weighted by molar-refractivity contribution is 8.00. The first-order chi connectivity index (χ1) is 14.0. The van der Waals surface area contributed by atoms with Crippen molar-refractivity contribution in [2.24, 2.45) is 0 Å². The number of rotatable bonds is 8. The molecule has 1 aromatic heterocycles. The third-order valence-corrected chi connectivity index (χ3v) is 5.86. The molecule has 29 heavy (non-hydrogen) atoms. The van der Waals surface area contributed by atoms with E-state index in [1.165, 1.54) is 11.8 Å². The van der Waals surface area contributed by atoms with Crippen molar-refractivity contribution in [3.05, 3.63) is 30.5 Å². The summed E-state index contributed by atoms with van der Waals surface area (Å²) in [6.45, 7) is 6.50. The van der Waals surface area contributed by atoms with Crippen molar-refractivity contribution in [3.8, 4) is 0 Å². The second kappa shape index (κ2) is 10.1. The molecule has 158 valence electrons. The standard InChI is InChI=1S/C21H29N3O4S/c1-15-10-24(11-16(2)28-15)21(26)13-23-12-19(17-6-4-5-7-18(17)23)29-14-20(25)22-8-9-27-3/h4-7,12,15-16H,8-11,13-14H2,1-3H3,(H,22,25). The number of aromatic nitrogens is 1. The van der Waals surface area contributed by atoms with Crippen LogP contribution < -0.4 is 5.32 Å². The van der Waals surface area contributed by atoms with Gasteiger partial charge in [0.1, 0.15) is 6.54 Å². The highest BCUT2D eigenvalue weighted by Crippen LogP contribution is 2.30. The van der Waals surface area contributed by atoms with E-state index >= 15 is 0 Å². The predicted octanol–water partition coefficient (Wildman–Crippen LogP) is 2.13. The number of benzene rings is 1. The number of morpholine rings is 1. The summed E-state index contributed by atoms with van der Waals surface area (Å²) < 4.78 is 12.7. The van der Waals surface area contributed by atoms with Gasteiger partial charge in [0.2, 0.25) is 11.8 Å². The molecule has 0 saturated carbocycles. The summed E-state index contributed by atoms with van der Waals surface area (Å²) in [7, 11) is 1.61. The number of nitrogens with zero attached hydrogens (tertiary/aromatic N) is 2. The molecule has 1 aliphatic heterocycles. The average molecular weight is 420 g/mol. The second-order valence-corrected chi connectivity index (χ2v) is 8.34. The van der Waals surface area contributed by atoms with Crippen molar-refractivity contribution in [2.45, 2.75) is 37.5 Å². The summed E-state index contributed by atoms with van der Waals surface area (Å²) in [5, 5.41) is 3.88. The first-order valence-electron chi connectivity index (χ1n) is 9.87. The van der Waals surface area contributed by atoms with Gasteiger partial charge in [0.05, 0.1) is 24.6 Å². The van der Waals surface area contributed by atoms with Crippen LogP contribution in [-0.4, -0.2) is 72.6 Å². The Labute approximate surface area is 175 Å². The molecule has 0 spiro atoms. The number of nitrogens with one attached hydrogen (secondary N) is 1. The number of fused-ring (bicyclic) bond motifs is 1. The van der Waals surface area contributed by atoms with Crippen molar-refractivity contribution in [1.82, 2.24) is 14.8 Å². The molecule has 2 atom stereocenters. The molecule has 1 saturated heterocycles. The lowest BCUT2D eigenvalue weighted by atomic mass is 10.2. The van der Waals surface area contributed by atoms with Gasteiger partial charge in [0, 0.05) is 48.7 Å². The fraction of sp³-hybridized carbons (Fsp3) is 0.524. The molecule has 1 aliphatic rings. The molecule has 2 heterocycles. The third kappa shape index (κ3) is 5.74. The molecule has 1 fully saturated rings. The summed E-state index contributed by atoms with van der Waals surface area (Å²) in [4.78, 5) is 27.8. The van der Waals surface area contributed by atoms with Crippen LogP contribution in [0.5, 0.6) is 0 Å². The Bertz CT molecular complexity index is 844. The lowest BCUT2D eigenvalue weighted by Crippen LogP contribution is -2.49. The van der Waals surface area contributed by atoms with Gasteiger partial charge >= 0.3 is 0 Å². The SMILES string of the molecule is COCCNC(=O)CSc1cn(CC(=O)N2CC(C)OC(C)C2)c2ccccc12. The lowest BCUT2D eigenvalue weighted by molar-refractivity contribution is -0.143. The molecule has 0 radical (unpaired) electrons. The summed E-state index contributed by atoms with van der Waals surface area (Å²) >= 11 is 1.48. The van der Waals surface area contributed by atoms with Gasteiger partial charge < -0.3 is 24.3 Å². The van der Waals surface area contributed by atoms with Crippen LogP contribution in [0, 0.1) is 0 Å². The molecular formula is C21H29N3O4S. The Morgan fingerprint density at radius 2 is 1.97 bits per heavy atom. The third-order valence-electron chi connectivity index (χ3n) is 4.82. The molecule has 3 rings (SSSR count). The van der Waals surface area contributed by atoms with Crippen LogP contribution in [0.1, 0.15) is 13.8 Å². The van der Waals surface area contributed by atoms with E-state index < -0.39 is 0 Å². The van der Waals surface area contributed by atoms with Crippen molar-refractivity contribution in [3.63, 3.8) is 0 Å². The van der Waals surface area contributed by atoms with Crippen molar-refractivity contribution < 1.29 is 19.1 Å². The Balaban J connectivity index is 1.69. The number of amides is 2. The first kappa shape index (κ1) is 21.7. The molecule has 2 aromatic rings. The zero-order valence-electron chi connectivity index (χ0n) is 17.2. The van der Waals surface area contributed by atoms with Crippen molar-refractivity contribution in [1.29, 1.82) is 0 Å². The number of hydrogen-bond acceptors (Lipinski definition) is 5. The zero-order chi connectivity index (χ0) is 20.8.